The molecule has 0 aromatic heterocycles. The minimum absolute atomic E-state index is 0.137. The van der Waals surface area contributed by atoms with Gasteiger partial charge < -0.3 is 24.6 Å². The molecule has 6 nitrogen and oxygen atoms in total. The van der Waals surface area contributed by atoms with Crippen molar-refractivity contribution in [3.05, 3.63) is 0 Å². The number of aliphatic hydroxyl groups is 1. The van der Waals surface area contributed by atoms with E-state index in [4.69, 9.17) is 19.3 Å². The molecule has 0 aliphatic carbocycles. The smallest absolute Gasteiger partial charge is 0.305 e. The molecule has 0 aliphatic heterocycles. The van der Waals surface area contributed by atoms with Crippen molar-refractivity contribution < 1.29 is 24.1 Å². The van der Waals surface area contributed by atoms with E-state index in [0.717, 1.165) is 50.5 Å². The molecule has 0 atom stereocenters. The molecular weight excluding hydrogens is 442 g/mol. The van der Waals surface area contributed by atoms with E-state index in [1.807, 2.05) is 0 Å². The number of unbranched alkanes of at least 4 members (excludes halogenated alkanes) is 8. The molecule has 0 saturated heterocycles. The Labute approximate surface area is 217 Å². The molecule has 0 saturated carbocycles. The van der Waals surface area contributed by atoms with Crippen molar-refractivity contribution in [3.63, 3.8) is 0 Å². The number of hydrogen-bond donors (Lipinski definition) is 2. The first-order valence-corrected chi connectivity index (χ1v) is 14.7. The van der Waals surface area contributed by atoms with Crippen LogP contribution in [0.5, 0.6) is 0 Å². The van der Waals surface area contributed by atoms with E-state index in [9.17, 15) is 4.79 Å². The molecule has 0 aliphatic rings. The SMILES string of the molecule is CC(C)CCCCCCOC(CCOC(=O)CCCCCNCCO)OCCCCCCC(C)C. The van der Waals surface area contributed by atoms with Gasteiger partial charge in [0, 0.05) is 32.6 Å². The number of nitrogens with one attached hydrogen (secondary N) is 1. The summed E-state index contributed by atoms with van der Waals surface area (Å²) in [4.78, 5) is 12.0. The molecule has 6 heteroatoms. The molecular formula is C29H59NO5. The first-order chi connectivity index (χ1) is 17.0. The zero-order chi connectivity index (χ0) is 26.0. The van der Waals surface area contributed by atoms with Crippen LogP contribution in [0.15, 0.2) is 0 Å². The van der Waals surface area contributed by atoms with Gasteiger partial charge in [0.05, 0.1) is 13.2 Å². The molecule has 35 heavy (non-hydrogen) atoms. The van der Waals surface area contributed by atoms with E-state index < -0.39 is 0 Å². The van der Waals surface area contributed by atoms with Crippen LogP contribution in [0.3, 0.4) is 0 Å². The Bertz CT molecular complexity index is 423. The summed E-state index contributed by atoms with van der Waals surface area (Å²) in [6.45, 7) is 12.5. The monoisotopic (exact) mass is 501 g/mol. The third-order valence-electron chi connectivity index (χ3n) is 6.10. The lowest BCUT2D eigenvalue weighted by molar-refractivity contribution is -0.161. The summed E-state index contributed by atoms with van der Waals surface area (Å²) in [5, 5.41) is 11.9. The quantitative estimate of drug-likeness (QED) is 0.0747. The third kappa shape index (κ3) is 27.7. The van der Waals surface area contributed by atoms with Crippen LogP contribution >= 0.6 is 0 Å². The second-order valence-electron chi connectivity index (χ2n) is 10.7. The molecule has 0 spiro atoms. The Morgan fingerprint density at radius 3 is 1.74 bits per heavy atom. The lowest BCUT2D eigenvalue weighted by Crippen LogP contribution is -2.22. The van der Waals surface area contributed by atoms with E-state index in [-0.39, 0.29) is 18.9 Å². The maximum Gasteiger partial charge on any atom is 0.305 e. The van der Waals surface area contributed by atoms with Crippen molar-refractivity contribution in [2.45, 2.75) is 130 Å². The van der Waals surface area contributed by atoms with Crippen LogP contribution in [-0.2, 0) is 19.0 Å². The first kappa shape index (κ1) is 34.3. The van der Waals surface area contributed by atoms with Crippen LogP contribution in [0.4, 0.5) is 0 Å². The van der Waals surface area contributed by atoms with Gasteiger partial charge in [-0.1, -0.05) is 85.5 Å². The fourth-order valence-electron chi connectivity index (χ4n) is 3.90. The van der Waals surface area contributed by atoms with Gasteiger partial charge in [0.25, 0.3) is 0 Å². The molecule has 0 amide bonds. The lowest BCUT2D eigenvalue weighted by atomic mass is 10.0. The Morgan fingerprint density at radius 1 is 0.657 bits per heavy atom. The molecule has 0 aromatic carbocycles. The van der Waals surface area contributed by atoms with Gasteiger partial charge in [-0.3, -0.25) is 4.79 Å². The van der Waals surface area contributed by atoms with Gasteiger partial charge in [-0.2, -0.15) is 0 Å². The highest BCUT2D eigenvalue weighted by molar-refractivity contribution is 5.69. The lowest BCUT2D eigenvalue weighted by Gasteiger charge is -2.19. The van der Waals surface area contributed by atoms with Gasteiger partial charge in [0.2, 0.25) is 0 Å². The molecule has 2 N–H and O–H groups in total. The van der Waals surface area contributed by atoms with Crippen LogP contribution in [0.1, 0.15) is 124 Å². The standard InChI is InChI=1S/C29H59NO5/c1-26(2)16-10-5-7-14-23-34-29(35-24-15-8-6-11-17-27(3)4)19-25-33-28(32)18-12-9-13-20-30-21-22-31/h26-27,29-31H,5-25H2,1-4H3. The van der Waals surface area contributed by atoms with Gasteiger partial charge in [0.1, 0.15) is 0 Å². The van der Waals surface area contributed by atoms with Gasteiger partial charge in [-0.15, -0.1) is 0 Å². The molecule has 0 fully saturated rings. The summed E-state index contributed by atoms with van der Waals surface area (Å²) in [6, 6.07) is 0. The molecule has 0 aromatic rings. The van der Waals surface area contributed by atoms with Crippen LogP contribution < -0.4 is 5.32 Å². The molecule has 0 rings (SSSR count). The number of carbonyl (C=O) groups excluding carboxylic acids is 1. The number of aliphatic hydroxyl groups excluding tert-OH is 1. The van der Waals surface area contributed by atoms with E-state index in [1.54, 1.807) is 0 Å². The highest BCUT2D eigenvalue weighted by atomic mass is 16.7. The van der Waals surface area contributed by atoms with E-state index in [2.05, 4.69) is 33.0 Å². The number of esters is 1. The summed E-state index contributed by atoms with van der Waals surface area (Å²) in [5.41, 5.74) is 0. The maximum atomic E-state index is 12.0. The van der Waals surface area contributed by atoms with Crippen LogP contribution in [0, 0.1) is 11.8 Å². The van der Waals surface area contributed by atoms with Crippen molar-refractivity contribution in [3.8, 4) is 0 Å². The molecule has 0 unspecified atom stereocenters. The Kier molecular flexibility index (Phi) is 25.9. The summed E-state index contributed by atoms with van der Waals surface area (Å²) in [5.74, 6) is 1.43. The Hall–Kier alpha value is -0.690. The fraction of sp³-hybridized carbons (Fsp3) is 0.966. The molecule has 0 radical (unpaired) electrons. The van der Waals surface area contributed by atoms with E-state index in [0.29, 0.717) is 39.2 Å². The van der Waals surface area contributed by atoms with Gasteiger partial charge in [-0.05, 0) is 44.1 Å². The number of carbonyl (C=O) groups is 1. The zero-order valence-electron chi connectivity index (χ0n) is 23.7. The van der Waals surface area contributed by atoms with Crippen molar-refractivity contribution in [2.75, 3.05) is 39.5 Å². The highest BCUT2D eigenvalue weighted by Gasteiger charge is 2.12. The fourth-order valence-corrected chi connectivity index (χ4v) is 3.90. The molecule has 0 bridgehead atoms. The second-order valence-corrected chi connectivity index (χ2v) is 10.7. The van der Waals surface area contributed by atoms with Crippen molar-refractivity contribution in [2.24, 2.45) is 11.8 Å². The number of hydrogen-bond acceptors (Lipinski definition) is 6. The third-order valence-corrected chi connectivity index (χ3v) is 6.10. The topological polar surface area (TPSA) is 77.0 Å². The molecule has 0 heterocycles. The van der Waals surface area contributed by atoms with Crippen LogP contribution in [-0.4, -0.2) is 56.9 Å². The normalized spacial score (nSPS) is 11.8. The predicted molar refractivity (Wildman–Crippen MR) is 146 cm³/mol. The average molecular weight is 502 g/mol. The van der Waals surface area contributed by atoms with E-state index in [1.165, 1.54) is 51.4 Å². The van der Waals surface area contributed by atoms with Crippen molar-refractivity contribution in [1.82, 2.24) is 5.32 Å². The Balaban J connectivity index is 4.02. The minimum Gasteiger partial charge on any atom is -0.465 e. The first-order valence-electron chi connectivity index (χ1n) is 14.7. The summed E-state index contributed by atoms with van der Waals surface area (Å²) < 4.78 is 17.5. The van der Waals surface area contributed by atoms with Gasteiger partial charge >= 0.3 is 5.97 Å². The average Bonchev–Trinajstić information content (AvgIpc) is 2.81. The van der Waals surface area contributed by atoms with Crippen molar-refractivity contribution >= 4 is 5.97 Å². The van der Waals surface area contributed by atoms with Crippen LogP contribution in [0.25, 0.3) is 0 Å². The van der Waals surface area contributed by atoms with Gasteiger partial charge in [0.15, 0.2) is 6.29 Å². The zero-order valence-corrected chi connectivity index (χ0v) is 23.7. The summed E-state index contributed by atoms with van der Waals surface area (Å²) in [7, 11) is 0. The number of rotatable bonds is 27. The summed E-state index contributed by atoms with van der Waals surface area (Å²) in [6.07, 6.45) is 15.8. The highest BCUT2D eigenvalue weighted by Crippen LogP contribution is 2.13. The van der Waals surface area contributed by atoms with Crippen LogP contribution in [0.2, 0.25) is 0 Å². The second kappa shape index (κ2) is 26.4. The Morgan fingerprint density at radius 2 is 1.20 bits per heavy atom. The van der Waals surface area contributed by atoms with E-state index >= 15 is 0 Å². The maximum absolute atomic E-state index is 12.0. The largest absolute Gasteiger partial charge is 0.465 e. The molecule has 210 valence electrons. The minimum atomic E-state index is -0.285. The van der Waals surface area contributed by atoms with Crippen molar-refractivity contribution in [1.29, 1.82) is 0 Å². The predicted octanol–water partition coefficient (Wildman–Crippen LogP) is 6.63. The summed E-state index contributed by atoms with van der Waals surface area (Å²) >= 11 is 0. The number of ether oxygens (including phenoxy) is 3. The van der Waals surface area contributed by atoms with Gasteiger partial charge in [-0.25, -0.2) is 0 Å².